The molecule has 0 aliphatic carbocycles. The first-order valence-corrected chi connectivity index (χ1v) is 6.49. The van der Waals surface area contributed by atoms with Gasteiger partial charge in [-0.3, -0.25) is 9.63 Å². The summed E-state index contributed by atoms with van der Waals surface area (Å²) in [5.74, 6) is -0.602. The van der Waals surface area contributed by atoms with Gasteiger partial charge in [0, 0.05) is 9.86 Å². The summed E-state index contributed by atoms with van der Waals surface area (Å²) in [4.78, 5) is 28.5. The van der Waals surface area contributed by atoms with E-state index in [0.29, 0.717) is 23.1 Å². The van der Waals surface area contributed by atoms with Crippen LogP contribution < -0.4 is 11.1 Å². The Bertz CT molecular complexity index is 693. The molecule has 5 nitrogen and oxygen atoms in total. The number of hydroxylamine groups is 1. The lowest BCUT2D eigenvalue weighted by atomic mass is 10.1. The minimum atomic E-state index is -0.676. The highest BCUT2D eigenvalue weighted by atomic mass is 79.9. The van der Waals surface area contributed by atoms with Gasteiger partial charge in [-0.05, 0) is 37.6 Å². The first-order valence-electron chi connectivity index (χ1n) is 5.69. The number of carbonyl (C=O) groups excluding carboxylic acids is 1. The molecule has 1 amide bonds. The Morgan fingerprint density at radius 1 is 1.47 bits per heavy atom. The van der Waals surface area contributed by atoms with Crippen molar-refractivity contribution in [3.05, 3.63) is 44.2 Å². The van der Waals surface area contributed by atoms with Crippen LogP contribution in [-0.2, 0) is 4.84 Å². The standard InChI is InChI=1S/C13H12BrNO4/c1-3-18-15-12(16)11-7(2)9-6-8(14)4-5-10(9)19-13(11)17/h4-6H,3H2,1-2H3,(H,15,16). The van der Waals surface area contributed by atoms with E-state index in [9.17, 15) is 9.59 Å². The van der Waals surface area contributed by atoms with E-state index >= 15 is 0 Å². The van der Waals surface area contributed by atoms with Crippen LogP contribution in [0.1, 0.15) is 22.8 Å². The van der Waals surface area contributed by atoms with E-state index in [1.54, 1.807) is 32.0 Å². The third kappa shape index (κ3) is 2.69. The molecule has 1 heterocycles. The molecule has 0 bridgehead atoms. The fourth-order valence-corrected chi connectivity index (χ4v) is 2.14. The first-order chi connectivity index (χ1) is 9.04. The predicted molar refractivity (Wildman–Crippen MR) is 74.0 cm³/mol. The molecular weight excluding hydrogens is 314 g/mol. The number of halogens is 1. The van der Waals surface area contributed by atoms with Gasteiger partial charge < -0.3 is 4.42 Å². The molecule has 0 atom stereocenters. The molecule has 2 aromatic rings. The van der Waals surface area contributed by atoms with Crippen LogP contribution in [0, 0.1) is 6.92 Å². The second-order valence-corrected chi connectivity index (χ2v) is 4.81. The van der Waals surface area contributed by atoms with Gasteiger partial charge in [0.1, 0.15) is 11.1 Å². The largest absolute Gasteiger partial charge is 0.422 e. The van der Waals surface area contributed by atoms with E-state index in [1.807, 2.05) is 0 Å². The van der Waals surface area contributed by atoms with E-state index in [4.69, 9.17) is 9.25 Å². The third-order valence-corrected chi connectivity index (χ3v) is 3.16. The zero-order valence-corrected chi connectivity index (χ0v) is 12.0. The number of nitrogens with one attached hydrogen (secondary N) is 1. The van der Waals surface area contributed by atoms with Crippen molar-refractivity contribution in [2.45, 2.75) is 13.8 Å². The number of carbonyl (C=O) groups is 1. The van der Waals surface area contributed by atoms with Crippen LogP contribution in [0.2, 0.25) is 0 Å². The SMILES string of the molecule is CCONC(=O)c1c(C)c2cc(Br)ccc2oc1=O. The van der Waals surface area contributed by atoms with Crippen molar-refractivity contribution in [3.8, 4) is 0 Å². The summed E-state index contributed by atoms with van der Waals surface area (Å²) < 4.78 is 5.98. The highest BCUT2D eigenvalue weighted by Gasteiger charge is 2.18. The van der Waals surface area contributed by atoms with Crippen LogP contribution in [0.5, 0.6) is 0 Å². The number of hydrogen-bond donors (Lipinski definition) is 1. The lowest BCUT2D eigenvalue weighted by Crippen LogP contribution is -2.29. The van der Waals surface area contributed by atoms with Crippen molar-refractivity contribution < 1.29 is 14.0 Å². The van der Waals surface area contributed by atoms with Crippen LogP contribution in [0.25, 0.3) is 11.0 Å². The van der Waals surface area contributed by atoms with Crippen molar-refractivity contribution in [2.24, 2.45) is 0 Å². The summed E-state index contributed by atoms with van der Waals surface area (Å²) in [6, 6.07) is 5.24. The van der Waals surface area contributed by atoms with E-state index < -0.39 is 11.5 Å². The summed E-state index contributed by atoms with van der Waals surface area (Å²) in [6.45, 7) is 3.74. The summed E-state index contributed by atoms with van der Waals surface area (Å²) in [7, 11) is 0. The monoisotopic (exact) mass is 325 g/mol. The lowest BCUT2D eigenvalue weighted by Gasteiger charge is -2.08. The molecule has 6 heteroatoms. The molecule has 0 aliphatic heterocycles. The zero-order chi connectivity index (χ0) is 14.0. The number of rotatable bonds is 3. The second kappa shape index (κ2) is 5.54. The molecule has 1 N–H and O–H groups in total. The van der Waals surface area contributed by atoms with Crippen molar-refractivity contribution in [1.82, 2.24) is 5.48 Å². The number of hydrogen-bond acceptors (Lipinski definition) is 4. The average Bonchev–Trinajstić information content (AvgIpc) is 2.37. The summed E-state index contributed by atoms with van der Waals surface area (Å²) in [6.07, 6.45) is 0. The van der Waals surface area contributed by atoms with Gasteiger partial charge in [-0.1, -0.05) is 15.9 Å². The van der Waals surface area contributed by atoms with Gasteiger partial charge in [0.25, 0.3) is 5.91 Å². The average molecular weight is 326 g/mol. The molecule has 100 valence electrons. The molecule has 0 fully saturated rings. The summed E-state index contributed by atoms with van der Waals surface area (Å²) in [5, 5.41) is 0.704. The highest BCUT2D eigenvalue weighted by Crippen LogP contribution is 2.23. The quantitative estimate of drug-likeness (QED) is 0.695. The molecule has 0 aliphatic rings. The second-order valence-electron chi connectivity index (χ2n) is 3.89. The van der Waals surface area contributed by atoms with Crippen LogP contribution in [0.15, 0.2) is 31.9 Å². The highest BCUT2D eigenvalue weighted by molar-refractivity contribution is 9.10. The summed E-state index contributed by atoms with van der Waals surface area (Å²) >= 11 is 3.34. The molecule has 0 spiro atoms. The van der Waals surface area contributed by atoms with Crippen molar-refractivity contribution in [1.29, 1.82) is 0 Å². The molecule has 0 saturated carbocycles. The van der Waals surface area contributed by atoms with E-state index in [1.165, 1.54) is 0 Å². The molecular formula is C13H12BrNO4. The lowest BCUT2D eigenvalue weighted by molar-refractivity contribution is 0.0361. The van der Waals surface area contributed by atoms with Crippen LogP contribution in [-0.4, -0.2) is 12.5 Å². The minimum absolute atomic E-state index is 0.0425. The normalized spacial score (nSPS) is 10.7. The van der Waals surface area contributed by atoms with E-state index in [-0.39, 0.29) is 5.56 Å². The minimum Gasteiger partial charge on any atom is -0.422 e. The maximum atomic E-state index is 11.9. The van der Waals surface area contributed by atoms with Crippen molar-refractivity contribution in [2.75, 3.05) is 6.61 Å². The van der Waals surface area contributed by atoms with Gasteiger partial charge in [-0.25, -0.2) is 10.3 Å². The Labute approximate surface area is 117 Å². The van der Waals surface area contributed by atoms with E-state index in [2.05, 4.69) is 21.4 Å². The van der Waals surface area contributed by atoms with Crippen molar-refractivity contribution >= 4 is 32.8 Å². The Morgan fingerprint density at radius 2 is 2.21 bits per heavy atom. The fourth-order valence-electron chi connectivity index (χ4n) is 1.77. The van der Waals surface area contributed by atoms with Gasteiger partial charge in [-0.15, -0.1) is 0 Å². The Kier molecular flexibility index (Phi) is 4.01. The van der Waals surface area contributed by atoms with Gasteiger partial charge in [0.15, 0.2) is 0 Å². The van der Waals surface area contributed by atoms with E-state index in [0.717, 1.165) is 4.47 Å². The zero-order valence-electron chi connectivity index (χ0n) is 10.5. The summed E-state index contributed by atoms with van der Waals surface area (Å²) in [5.41, 5.74) is 2.48. The van der Waals surface area contributed by atoms with Crippen molar-refractivity contribution in [3.63, 3.8) is 0 Å². The predicted octanol–water partition coefficient (Wildman–Crippen LogP) is 2.55. The molecule has 0 saturated heterocycles. The molecule has 19 heavy (non-hydrogen) atoms. The van der Waals surface area contributed by atoms with Gasteiger partial charge >= 0.3 is 5.63 Å². The first kappa shape index (κ1) is 13.8. The van der Waals surface area contributed by atoms with Gasteiger partial charge in [0.05, 0.1) is 6.61 Å². The number of benzene rings is 1. The topological polar surface area (TPSA) is 68.5 Å². The van der Waals surface area contributed by atoms with Crippen LogP contribution in [0.4, 0.5) is 0 Å². The van der Waals surface area contributed by atoms with Gasteiger partial charge in [0.2, 0.25) is 0 Å². The Hall–Kier alpha value is -1.66. The van der Waals surface area contributed by atoms with Crippen LogP contribution in [0.3, 0.4) is 0 Å². The molecule has 0 radical (unpaired) electrons. The Balaban J connectivity index is 2.61. The number of fused-ring (bicyclic) bond motifs is 1. The maximum absolute atomic E-state index is 11.9. The number of aryl methyl sites for hydroxylation is 1. The molecule has 1 aromatic carbocycles. The fraction of sp³-hybridized carbons (Fsp3) is 0.231. The Morgan fingerprint density at radius 3 is 2.89 bits per heavy atom. The molecule has 1 aromatic heterocycles. The van der Waals surface area contributed by atoms with Crippen LogP contribution >= 0.6 is 15.9 Å². The number of amides is 1. The third-order valence-electron chi connectivity index (χ3n) is 2.66. The van der Waals surface area contributed by atoms with Gasteiger partial charge in [-0.2, -0.15) is 0 Å². The smallest absolute Gasteiger partial charge is 0.349 e. The molecule has 2 rings (SSSR count). The molecule has 0 unspecified atom stereocenters. The maximum Gasteiger partial charge on any atom is 0.349 e.